The lowest BCUT2D eigenvalue weighted by Crippen LogP contribution is -2.50. The highest BCUT2D eigenvalue weighted by atomic mass is 32.2. The van der Waals surface area contributed by atoms with Crippen molar-refractivity contribution in [3.05, 3.63) is 59.9 Å². The van der Waals surface area contributed by atoms with E-state index in [2.05, 4.69) is 10.3 Å². The van der Waals surface area contributed by atoms with Crippen LogP contribution in [0.2, 0.25) is 0 Å². The van der Waals surface area contributed by atoms with E-state index in [1.807, 2.05) is 26.0 Å². The van der Waals surface area contributed by atoms with Crippen LogP contribution in [0.15, 0.2) is 53.7 Å². The maximum absolute atomic E-state index is 12.8. The van der Waals surface area contributed by atoms with Crippen molar-refractivity contribution in [2.24, 2.45) is 0 Å². The van der Waals surface area contributed by atoms with E-state index in [4.69, 9.17) is 0 Å². The summed E-state index contributed by atoms with van der Waals surface area (Å²) in [5, 5.41) is 2.88. The third kappa shape index (κ3) is 5.89. The van der Waals surface area contributed by atoms with Crippen LogP contribution in [0.1, 0.15) is 36.9 Å². The minimum absolute atomic E-state index is 0.0934. The standard InChI is InChI=1S/C22H28N4O4S/c1-17-3-5-20(6-4-17)31(29,30)26-15-13-25(14-16-26)22(28)8-7-21(27)24-18(2)19-9-11-23-12-10-19/h3-6,9-12,18H,7-8,13-16H2,1-2H3,(H,24,27)/t18-/m0/s1. The van der Waals surface area contributed by atoms with Gasteiger partial charge in [-0.3, -0.25) is 14.6 Å². The molecule has 1 saturated heterocycles. The number of aryl methyl sites for hydroxylation is 1. The number of nitrogens with one attached hydrogen (secondary N) is 1. The van der Waals surface area contributed by atoms with Crippen molar-refractivity contribution in [2.45, 2.75) is 37.6 Å². The summed E-state index contributed by atoms with van der Waals surface area (Å²) in [6.07, 6.45) is 3.52. The summed E-state index contributed by atoms with van der Waals surface area (Å²) >= 11 is 0. The first-order valence-corrected chi connectivity index (χ1v) is 11.8. The third-order valence-electron chi connectivity index (χ3n) is 5.40. The molecule has 0 spiro atoms. The Morgan fingerprint density at radius 1 is 1.00 bits per heavy atom. The molecule has 0 aliphatic carbocycles. The van der Waals surface area contributed by atoms with Gasteiger partial charge in [-0.25, -0.2) is 8.42 Å². The molecule has 31 heavy (non-hydrogen) atoms. The lowest BCUT2D eigenvalue weighted by Gasteiger charge is -2.34. The van der Waals surface area contributed by atoms with E-state index in [-0.39, 0.29) is 48.7 Å². The van der Waals surface area contributed by atoms with Crippen LogP contribution >= 0.6 is 0 Å². The average Bonchev–Trinajstić information content (AvgIpc) is 2.78. The first-order chi connectivity index (χ1) is 14.8. The first kappa shape index (κ1) is 22.9. The first-order valence-electron chi connectivity index (χ1n) is 10.3. The molecule has 1 fully saturated rings. The Hall–Kier alpha value is -2.78. The Kier molecular flexibility index (Phi) is 7.40. The Morgan fingerprint density at radius 2 is 1.61 bits per heavy atom. The SMILES string of the molecule is Cc1ccc(S(=O)(=O)N2CCN(C(=O)CCC(=O)N[C@@H](C)c3ccncc3)CC2)cc1. The molecule has 166 valence electrons. The maximum atomic E-state index is 12.8. The zero-order valence-corrected chi connectivity index (χ0v) is 18.6. The van der Waals surface area contributed by atoms with Crippen LogP contribution in [0.3, 0.4) is 0 Å². The third-order valence-corrected chi connectivity index (χ3v) is 7.31. The maximum Gasteiger partial charge on any atom is 0.243 e. The van der Waals surface area contributed by atoms with Gasteiger partial charge in [0, 0.05) is 51.4 Å². The molecule has 8 nitrogen and oxygen atoms in total. The van der Waals surface area contributed by atoms with Gasteiger partial charge in [0.15, 0.2) is 0 Å². The second-order valence-electron chi connectivity index (χ2n) is 7.67. The molecule has 3 rings (SSSR count). The molecule has 0 bridgehead atoms. The monoisotopic (exact) mass is 444 g/mol. The molecule has 1 aliphatic rings. The molecule has 2 heterocycles. The second kappa shape index (κ2) is 10.0. The van der Waals surface area contributed by atoms with E-state index in [0.29, 0.717) is 13.1 Å². The van der Waals surface area contributed by atoms with E-state index in [0.717, 1.165) is 11.1 Å². The normalized spacial score (nSPS) is 16.0. The number of amides is 2. The molecule has 2 amide bonds. The van der Waals surface area contributed by atoms with Gasteiger partial charge in [0.1, 0.15) is 0 Å². The van der Waals surface area contributed by atoms with E-state index >= 15 is 0 Å². The van der Waals surface area contributed by atoms with Gasteiger partial charge in [-0.2, -0.15) is 4.31 Å². The Labute approximate surface area is 183 Å². The summed E-state index contributed by atoms with van der Waals surface area (Å²) < 4.78 is 27.0. The topological polar surface area (TPSA) is 99.7 Å². The van der Waals surface area contributed by atoms with E-state index < -0.39 is 10.0 Å². The number of hydrogen-bond acceptors (Lipinski definition) is 5. The fraction of sp³-hybridized carbons (Fsp3) is 0.409. The highest BCUT2D eigenvalue weighted by Gasteiger charge is 2.30. The summed E-state index contributed by atoms with van der Waals surface area (Å²) in [6, 6.07) is 10.3. The minimum Gasteiger partial charge on any atom is -0.350 e. The number of benzene rings is 1. The summed E-state index contributed by atoms with van der Waals surface area (Å²) in [6.45, 7) is 4.90. The van der Waals surface area contributed by atoms with Crippen molar-refractivity contribution in [1.29, 1.82) is 0 Å². The molecule has 1 aliphatic heterocycles. The minimum atomic E-state index is -3.57. The number of nitrogens with zero attached hydrogens (tertiary/aromatic N) is 3. The molecule has 0 radical (unpaired) electrons. The van der Waals surface area contributed by atoms with Crippen LogP contribution in [0.25, 0.3) is 0 Å². The number of rotatable bonds is 7. The van der Waals surface area contributed by atoms with Crippen molar-refractivity contribution in [2.75, 3.05) is 26.2 Å². The van der Waals surface area contributed by atoms with Crippen LogP contribution < -0.4 is 5.32 Å². The van der Waals surface area contributed by atoms with Gasteiger partial charge in [0.25, 0.3) is 0 Å². The zero-order valence-electron chi connectivity index (χ0n) is 17.8. The summed E-state index contributed by atoms with van der Waals surface area (Å²) in [5.41, 5.74) is 1.94. The molecule has 0 saturated carbocycles. The number of hydrogen-bond donors (Lipinski definition) is 1. The molecule has 9 heteroatoms. The van der Waals surface area contributed by atoms with Crippen molar-refractivity contribution in [3.63, 3.8) is 0 Å². The van der Waals surface area contributed by atoms with Gasteiger partial charge in [-0.05, 0) is 43.7 Å². The Bertz CT molecular complexity index is 1000. The van der Waals surface area contributed by atoms with Crippen molar-refractivity contribution in [3.8, 4) is 0 Å². The fourth-order valence-electron chi connectivity index (χ4n) is 3.46. The second-order valence-corrected chi connectivity index (χ2v) is 9.61. The summed E-state index contributed by atoms with van der Waals surface area (Å²) in [7, 11) is -3.57. The number of sulfonamides is 1. The smallest absolute Gasteiger partial charge is 0.243 e. The number of aromatic nitrogens is 1. The predicted octanol–water partition coefficient (Wildman–Crippen LogP) is 1.88. The molecule has 1 atom stereocenters. The van der Waals surface area contributed by atoms with Gasteiger partial charge in [0.05, 0.1) is 10.9 Å². The molecule has 2 aromatic rings. The number of carbonyl (C=O) groups is 2. The van der Waals surface area contributed by atoms with Gasteiger partial charge < -0.3 is 10.2 Å². The lowest BCUT2D eigenvalue weighted by molar-refractivity contribution is -0.134. The van der Waals surface area contributed by atoms with Gasteiger partial charge >= 0.3 is 0 Å². The fourth-order valence-corrected chi connectivity index (χ4v) is 4.89. The highest BCUT2D eigenvalue weighted by Crippen LogP contribution is 2.18. The van der Waals surface area contributed by atoms with E-state index in [9.17, 15) is 18.0 Å². The van der Waals surface area contributed by atoms with Crippen LogP contribution in [-0.2, 0) is 19.6 Å². The molecule has 0 unspecified atom stereocenters. The number of pyridine rings is 1. The number of carbonyl (C=O) groups excluding carboxylic acids is 2. The van der Waals surface area contributed by atoms with Gasteiger partial charge in [-0.1, -0.05) is 17.7 Å². The highest BCUT2D eigenvalue weighted by molar-refractivity contribution is 7.89. The lowest BCUT2D eigenvalue weighted by atomic mass is 10.1. The number of piperazine rings is 1. The molecule has 1 aromatic heterocycles. The molecule has 1 aromatic carbocycles. The van der Waals surface area contributed by atoms with E-state index in [1.165, 1.54) is 4.31 Å². The zero-order chi connectivity index (χ0) is 22.4. The van der Waals surface area contributed by atoms with Crippen LogP contribution in [-0.4, -0.2) is 60.6 Å². The molecule has 1 N–H and O–H groups in total. The largest absolute Gasteiger partial charge is 0.350 e. The quantitative estimate of drug-likeness (QED) is 0.703. The average molecular weight is 445 g/mol. The molecular weight excluding hydrogens is 416 g/mol. The van der Waals surface area contributed by atoms with Gasteiger partial charge in [-0.15, -0.1) is 0 Å². The van der Waals surface area contributed by atoms with Crippen molar-refractivity contribution >= 4 is 21.8 Å². The van der Waals surface area contributed by atoms with Crippen LogP contribution in [0.5, 0.6) is 0 Å². The predicted molar refractivity (Wildman–Crippen MR) is 117 cm³/mol. The molecular formula is C22H28N4O4S. The summed E-state index contributed by atoms with van der Waals surface area (Å²) in [4.78, 5) is 30.5. The van der Waals surface area contributed by atoms with Crippen molar-refractivity contribution in [1.82, 2.24) is 19.5 Å². The van der Waals surface area contributed by atoms with Crippen LogP contribution in [0.4, 0.5) is 0 Å². The van der Waals surface area contributed by atoms with Crippen molar-refractivity contribution < 1.29 is 18.0 Å². The van der Waals surface area contributed by atoms with E-state index in [1.54, 1.807) is 41.6 Å². The summed E-state index contributed by atoms with van der Waals surface area (Å²) in [5.74, 6) is -0.336. The Morgan fingerprint density at radius 3 is 2.23 bits per heavy atom. The van der Waals surface area contributed by atoms with Gasteiger partial charge in [0.2, 0.25) is 21.8 Å². The Balaban J connectivity index is 1.45. The van der Waals surface area contributed by atoms with Crippen LogP contribution in [0, 0.1) is 6.92 Å².